The molecule has 1 aliphatic rings. The number of carbonyl (C=O) groups is 1. The minimum absolute atomic E-state index is 0.146. The van der Waals surface area contributed by atoms with Gasteiger partial charge in [0.2, 0.25) is 5.78 Å². The summed E-state index contributed by atoms with van der Waals surface area (Å²) in [5, 5.41) is 2.98. The van der Waals surface area contributed by atoms with Crippen LogP contribution >= 0.6 is 0 Å². The molecule has 0 aliphatic carbocycles. The summed E-state index contributed by atoms with van der Waals surface area (Å²) in [7, 11) is 0. The lowest BCUT2D eigenvalue weighted by Crippen LogP contribution is -2.40. The molecule has 1 atom stereocenters. The number of nitrogens with zero attached hydrogens (tertiary/aromatic N) is 4. The van der Waals surface area contributed by atoms with Crippen molar-refractivity contribution in [3.63, 3.8) is 0 Å². The number of rotatable bonds is 5. The van der Waals surface area contributed by atoms with Crippen LogP contribution in [0.1, 0.15) is 34.8 Å². The lowest BCUT2D eigenvalue weighted by molar-refractivity contribution is 0.0941. The number of piperidine rings is 1. The average Bonchev–Trinajstić information content (AvgIpc) is 3.13. The van der Waals surface area contributed by atoms with Crippen molar-refractivity contribution in [3.05, 3.63) is 66.2 Å². The van der Waals surface area contributed by atoms with Crippen molar-refractivity contribution in [2.24, 2.45) is 0 Å². The molecule has 0 bridgehead atoms. The smallest absolute Gasteiger partial charge is 0.271 e. The minimum Gasteiger partial charge on any atom is -0.349 e. The zero-order chi connectivity index (χ0) is 17.8. The quantitative estimate of drug-likeness (QED) is 0.768. The molecular weight excluding hydrogens is 326 g/mol. The van der Waals surface area contributed by atoms with Gasteiger partial charge in [-0.15, -0.1) is 0 Å². The summed E-state index contributed by atoms with van der Waals surface area (Å²) in [6.07, 6.45) is 7.66. The molecule has 1 aliphatic heterocycles. The van der Waals surface area contributed by atoms with Crippen LogP contribution in [-0.2, 0) is 0 Å². The average molecular weight is 349 g/mol. The molecule has 2 aromatic heterocycles. The molecule has 134 valence electrons. The summed E-state index contributed by atoms with van der Waals surface area (Å²) >= 11 is 0. The Kier molecular flexibility index (Phi) is 4.93. The van der Waals surface area contributed by atoms with E-state index in [0.717, 1.165) is 19.6 Å². The number of hydrogen-bond donors (Lipinski definition) is 1. The Morgan fingerprint density at radius 2 is 2.12 bits per heavy atom. The maximum atomic E-state index is 12.3. The third kappa shape index (κ3) is 3.75. The van der Waals surface area contributed by atoms with Crippen LogP contribution < -0.4 is 5.32 Å². The van der Waals surface area contributed by atoms with Crippen molar-refractivity contribution in [1.29, 1.82) is 0 Å². The summed E-state index contributed by atoms with van der Waals surface area (Å²) in [5.41, 5.74) is 1.82. The van der Waals surface area contributed by atoms with E-state index in [4.69, 9.17) is 0 Å². The molecule has 26 heavy (non-hydrogen) atoms. The monoisotopic (exact) mass is 349 g/mol. The van der Waals surface area contributed by atoms with E-state index in [0.29, 0.717) is 23.9 Å². The Balaban J connectivity index is 1.29. The van der Waals surface area contributed by atoms with Crippen LogP contribution in [0.5, 0.6) is 0 Å². The number of nitrogens with one attached hydrogen (secondary N) is 1. The van der Waals surface area contributed by atoms with Crippen LogP contribution in [0, 0.1) is 0 Å². The van der Waals surface area contributed by atoms with Gasteiger partial charge in [-0.25, -0.2) is 9.97 Å². The molecule has 1 amide bonds. The fraction of sp³-hybridized carbons (Fsp3) is 0.350. The number of hydrogen-bond acceptors (Lipinski definition) is 4. The highest BCUT2D eigenvalue weighted by molar-refractivity contribution is 5.92. The molecule has 4 rings (SSSR count). The molecule has 0 radical (unpaired) electrons. The highest BCUT2D eigenvalue weighted by Crippen LogP contribution is 2.26. The predicted octanol–water partition coefficient (Wildman–Crippen LogP) is 2.34. The number of imidazole rings is 1. The summed E-state index contributed by atoms with van der Waals surface area (Å²) in [6.45, 7) is 3.64. The molecule has 1 N–H and O–H groups in total. The van der Waals surface area contributed by atoms with Gasteiger partial charge in [0, 0.05) is 38.2 Å². The van der Waals surface area contributed by atoms with Gasteiger partial charge in [-0.3, -0.25) is 9.20 Å². The molecule has 6 nitrogen and oxygen atoms in total. The molecule has 0 spiro atoms. The summed E-state index contributed by atoms with van der Waals surface area (Å²) in [6, 6.07) is 12.5. The second-order valence-corrected chi connectivity index (χ2v) is 6.76. The molecule has 1 fully saturated rings. The lowest BCUT2D eigenvalue weighted by atomic mass is 9.91. The maximum Gasteiger partial charge on any atom is 0.271 e. The van der Waals surface area contributed by atoms with E-state index in [9.17, 15) is 4.79 Å². The number of likely N-dealkylation sites (tertiary alicyclic amines) is 1. The van der Waals surface area contributed by atoms with Crippen molar-refractivity contribution >= 4 is 11.7 Å². The van der Waals surface area contributed by atoms with Crippen LogP contribution in [0.2, 0.25) is 0 Å². The van der Waals surface area contributed by atoms with Gasteiger partial charge in [-0.1, -0.05) is 30.3 Å². The largest absolute Gasteiger partial charge is 0.349 e. The molecular formula is C20H23N5O. The SMILES string of the molecule is O=C(NCCN1CCC[C@H](c2ccccc2)C1)c1cn2cccnc2n1. The van der Waals surface area contributed by atoms with Crippen molar-refractivity contribution < 1.29 is 4.79 Å². The Morgan fingerprint density at radius 3 is 2.96 bits per heavy atom. The van der Waals surface area contributed by atoms with Crippen LogP contribution in [-0.4, -0.2) is 51.4 Å². The first-order chi connectivity index (χ1) is 12.8. The van der Waals surface area contributed by atoms with Crippen LogP contribution in [0.4, 0.5) is 0 Å². The van der Waals surface area contributed by atoms with Crippen molar-refractivity contribution in [3.8, 4) is 0 Å². The molecule has 3 aromatic rings. The second kappa shape index (κ2) is 7.66. The van der Waals surface area contributed by atoms with E-state index < -0.39 is 0 Å². The van der Waals surface area contributed by atoms with Crippen molar-refractivity contribution in [1.82, 2.24) is 24.6 Å². The predicted molar refractivity (Wildman–Crippen MR) is 100 cm³/mol. The van der Waals surface area contributed by atoms with Gasteiger partial charge in [-0.2, -0.15) is 0 Å². The standard InChI is InChI=1S/C20H23N5O/c26-19(18-15-25-12-5-9-22-20(25)23-18)21-10-13-24-11-4-8-17(14-24)16-6-2-1-3-7-16/h1-3,5-7,9,12,15,17H,4,8,10-11,13-14H2,(H,21,26)/t17-/m0/s1. The first kappa shape index (κ1) is 16.7. The molecule has 1 aromatic carbocycles. The van der Waals surface area contributed by atoms with Crippen LogP contribution in [0.3, 0.4) is 0 Å². The third-order valence-corrected chi connectivity index (χ3v) is 4.96. The van der Waals surface area contributed by atoms with Gasteiger partial charge >= 0.3 is 0 Å². The topological polar surface area (TPSA) is 62.5 Å². The van der Waals surface area contributed by atoms with Crippen LogP contribution in [0.15, 0.2) is 55.0 Å². The zero-order valence-electron chi connectivity index (χ0n) is 14.7. The van der Waals surface area contributed by atoms with Gasteiger partial charge in [0.15, 0.2) is 0 Å². The lowest BCUT2D eigenvalue weighted by Gasteiger charge is -2.33. The molecule has 0 saturated carbocycles. The Labute approximate surface area is 152 Å². The number of amides is 1. The van der Waals surface area contributed by atoms with Gasteiger partial charge < -0.3 is 10.2 Å². The van der Waals surface area contributed by atoms with Gasteiger partial charge in [-0.05, 0) is 36.9 Å². The van der Waals surface area contributed by atoms with E-state index in [1.54, 1.807) is 16.8 Å². The highest BCUT2D eigenvalue weighted by Gasteiger charge is 2.21. The Bertz CT molecular complexity index is 843. The Morgan fingerprint density at radius 1 is 1.23 bits per heavy atom. The second-order valence-electron chi connectivity index (χ2n) is 6.76. The fourth-order valence-electron chi connectivity index (χ4n) is 3.61. The number of aromatic nitrogens is 3. The third-order valence-electron chi connectivity index (χ3n) is 4.96. The molecule has 0 unspecified atom stereocenters. The normalized spacial score (nSPS) is 18.1. The summed E-state index contributed by atoms with van der Waals surface area (Å²) in [5.74, 6) is 0.983. The number of carbonyl (C=O) groups excluding carboxylic acids is 1. The minimum atomic E-state index is -0.146. The fourth-order valence-corrected chi connectivity index (χ4v) is 3.61. The van der Waals surface area contributed by atoms with Gasteiger partial charge in [0.1, 0.15) is 5.69 Å². The first-order valence-corrected chi connectivity index (χ1v) is 9.15. The summed E-state index contributed by atoms with van der Waals surface area (Å²) in [4.78, 5) is 23.1. The van der Waals surface area contributed by atoms with E-state index in [2.05, 4.69) is 50.5 Å². The van der Waals surface area contributed by atoms with Gasteiger partial charge in [0.25, 0.3) is 5.91 Å². The number of fused-ring (bicyclic) bond motifs is 1. The molecule has 3 heterocycles. The van der Waals surface area contributed by atoms with Gasteiger partial charge in [0.05, 0.1) is 0 Å². The van der Waals surface area contributed by atoms with E-state index >= 15 is 0 Å². The first-order valence-electron chi connectivity index (χ1n) is 9.15. The number of benzene rings is 1. The highest BCUT2D eigenvalue weighted by atomic mass is 16.1. The summed E-state index contributed by atoms with van der Waals surface area (Å²) < 4.78 is 1.75. The zero-order valence-corrected chi connectivity index (χ0v) is 14.7. The van der Waals surface area contributed by atoms with E-state index in [-0.39, 0.29) is 5.91 Å². The molecule has 1 saturated heterocycles. The Hall–Kier alpha value is -2.73. The van der Waals surface area contributed by atoms with Crippen molar-refractivity contribution in [2.45, 2.75) is 18.8 Å². The maximum absolute atomic E-state index is 12.3. The van der Waals surface area contributed by atoms with E-state index in [1.165, 1.54) is 18.4 Å². The van der Waals surface area contributed by atoms with Crippen LogP contribution in [0.25, 0.3) is 5.78 Å². The van der Waals surface area contributed by atoms with E-state index in [1.807, 2.05) is 12.3 Å². The molecule has 6 heteroatoms. The van der Waals surface area contributed by atoms with Crippen molar-refractivity contribution in [2.75, 3.05) is 26.2 Å².